The van der Waals surface area contributed by atoms with E-state index in [0.717, 1.165) is 28.2 Å². The van der Waals surface area contributed by atoms with Crippen molar-refractivity contribution in [3.8, 4) is 26.3 Å². The van der Waals surface area contributed by atoms with E-state index >= 15 is 0 Å². The van der Waals surface area contributed by atoms with E-state index in [9.17, 15) is 4.79 Å². The number of rotatable bonds is 7. The van der Waals surface area contributed by atoms with Crippen LogP contribution in [-0.2, 0) is 16.8 Å². The van der Waals surface area contributed by atoms with E-state index in [-0.39, 0.29) is 22.7 Å². The Balaban J connectivity index is -0.000000905. The summed E-state index contributed by atoms with van der Waals surface area (Å²) < 4.78 is 0. The van der Waals surface area contributed by atoms with Gasteiger partial charge in [-0.2, -0.15) is 13.1 Å². The Morgan fingerprint density at radius 3 is 2.15 bits per heavy atom. The fourth-order valence-electron chi connectivity index (χ4n) is 2.66. The summed E-state index contributed by atoms with van der Waals surface area (Å²) in [6.45, 7) is 16.1. The standard InChI is InChI=1S/C19H20N4O.4CHN.Co/c20-9-12-21-10-4-11-22-19(24)16-7-3-6-15-13-14-5-1-2-8-17(14)23-18(15)16;4*1-2;/h1-3,5-8,13,20H,4,9-12H2,(H,22,24);4*1H;/q-2;;;;;+2. The minimum Gasteiger partial charge on any atom is -0.679 e. The van der Waals surface area contributed by atoms with Crippen LogP contribution in [0.5, 0.6) is 0 Å². The first kappa shape index (κ1) is 33.6. The third-order valence-corrected chi connectivity index (χ3v) is 3.84. The van der Waals surface area contributed by atoms with Gasteiger partial charge in [0.2, 0.25) is 0 Å². The smallest absolute Gasteiger partial charge is 0.679 e. The zero-order valence-electron chi connectivity index (χ0n) is 17.9. The predicted octanol–water partition coefficient (Wildman–Crippen LogP) is 4.49. The van der Waals surface area contributed by atoms with Gasteiger partial charge in [-0.3, -0.25) is 4.79 Å². The topological polar surface area (TPSA) is 175 Å². The summed E-state index contributed by atoms with van der Waals surface area (Å²) in [6, 6.07) is 15.6. The zero-order chi connectivity index (χ0) is 24.8. The molecule has 0 unspecified atom stereocenters. The first-order chi connectivity index (χ1) is 15.8. The second-order valence-corrected chi connectivity index (χ2v) is 5.59. The van der Waals surface area contributed by atoms with E-state index < -0.39 is 0 Å². The Kier molecular flexibility index (Phi) is 23.1. The number of nitrogens with one attached hydrogen (secondary N) is 2. The second-order valence-electron chi connectivity index (χ2n) is 5.59. The van der Waals surface area contributed by atoms with Gasteiger partial charge in [-0.25, -0.2) is 26.0 Å². The number of nitriles is 4. The number of pyridine rings is 1. The summed E-state index contributed by atoms with van der Waals surface area (Å²) in [5.41, 5.74) is 9.24. The summed E-state index contributed by atoms with van der Waals surface area (Å²) in [7, 11) is 0. The maximum atomic E-state index is 12.5. The molecule has 0 saturated heterocycles. The van der Waals surface area contributed by atoms with Gasteiger partial charge in [-0.05, 0) is 18.2 Å². The molecule has 33 heavy (non-hydrogen) atoms. The molecule has 2 N–H and O–H groups in total. The zero-order valence-corrected chi connectivity index (χ0v) is 18.9. The van der Waals surface area contributed by atoms with Gasteiger partial charge in [-0.1, -0.05) is 36.8 Å². The predicted molar refractivity (Wildman–Crippen MR) is 125 cm³/mol. The molecule has 0 aliphatic carbocycles. The Bertz CT molecular complexity index is 1010. The largest absolute Gasteiger partial charge is 2.00 e. The summed E-state index contributed by atoms with van der Waals surface area (Å²) in [5.74, 6) is -0.108. The van der Waals surface area contributed by atoms with Crippen molar-refractivity contribution >= 4 is 27.7 Å². The average Bonchev–Trinajstić information content (AvgIpc) is 2.89. The Labute approximate surface area is 204 Å². The average molecular weight is 487 g/mol. The quantitative estimate of drug-likeness (QED) is 0.379. The van der Waals surface area contributed by atoms with Gasteiger partial charge in [0.1, 0.15) is 0 Å². The van der Waals surface area contributed by atoms with E-state index in [0.29, 0.717) is 31.7 Å². The number of aromatic nitrogens is 1. The van der Waals surface area contributed by atoms with Crippen LogP contribution in [0.15, 0.2) is 48.5 Å². The molecule has 0 atom stereocenters. The number of amides is 1. The second kappa shape index (κ2) is 22.6. The summed E-state index contributed by atoms with van der Waals surface area (Å²) in [4.78, 5) is 17.1. The third-order valence-electron chi connectivity index (χ3n) is 3.84. The molecule has 1 radical (unpaired) electrons. The Morgan fingerprint density at radius 1 is 0.909 bits per heavy atom. The number of hydrogen-bond donors (Lipinski definition) is 1. The van der Waals surface area contributed by atoms with Crippen molar-refractivity contribution in [1.82, 2.24) is 10.3 Å². The number of hydrogen-bond acceptors (Lipinski definition) is 6. The van der Waals surface area contributed by atoms with E-state index in [1.54, 1.807) is 0 Å². The van der Waals surface area contributed by atoms with E-state index in [1.165, 1.54) is 0 Å². The molecular formula is C23H24CoN8O. The van der Waals surface area contributed by atoms with Crippen LogP contribution in [-0.4, -0.2) is 37.1 Å². The van der Waals surface area contributed by atoms with Crippen LogP contribution in [0.4, 0.5) is 0 Å². The summed E-state index contributed by atoms with van der Waals surface area (Å²) >= 11 is 0. The van der Waals surface area contributed by atoms with E-state index in [4.69, 9.17) is 26.8 Å². The molecule has 171 valence electrons. The maximum Gasteiger partial charge on any atom is 2.00 e. The fraction of sp³-hybridized carbons (Fsp3) is 0.217. The van der Waals surface area contributed by atoms with Crippen molar-refractivity contribution in [3.63, 3.8) is 0 Å². The number of fused-ring (bicyclic) bond motifs is 2. The summed E-state index contributed by atoms with van der Waals surface area (Å²) in [5, 5.41) is 35.2. The molecule has 0 aliphatic heterocycles. The van der Waals surface area contributed by atoms with Crippen LogP contribution in [0.2, 0.25) is 0 Å². The molecule has 3 rings (SSSR count). The van der Waals surface area contributed by atoms with Crippen molar-refractivity contribution in [2.75, 3.05) is 26.2 Å². The van der Waals surface area contributed by atoms with E-state index in [2.05, 4.69) is 48.0 Å². The van der Waals surface area contributed by atoms with Crippen LogP contribution in [0.25, 0.3) is 32.9 Å². The first-order valence-electron chi connectivity index (χ1n) is 9.17. The molecular weight excluding hydrogens is 463 g/mol. The number of carbonyl (C=O) groups is 1. The van der Waals surface area contributed by atoms with Crippen molar-refractivity contribution in [2.24, 2.45) is 0 Å². The van der Waals surface area contributed by atoms with Gasteiger partial charge >= 0.3 is 16.8 Å². The Morgan fingerprint density at radius 2 is 1.52 bits per heavy atom. The first-order valence-corrected chi connectivity index (χ1v) is 9.17. The van der Waals surface area contributed by atoms with Gasteiger partial charge < -0.3 is 16.4 Å². The van der Waals surface area contributed by atoms with Crippen molar-refractivity contribution in [3.05, 3.63) is 65.1 Å². The molecule has 3 aromatic rings. The normalized spacial score (nSPS) is 8.27. The molecule has 0 aliphatic rings. The number of nitrogens with zero attached hydrogens (tertiary/aromatic N) is 6. The third kappa shape index (κ3) is 11.2. The fourth-order valence-corrected chi connectivity index (χ4v) is 2.66. The minimum absolute atomic E-state index is 0. The van der Waals surface area contributed by atoms with Crippen molar-refractivity contribution in [2.45, 2.75) is 6.42 Å². The van der Waals surface area contributed by atoms with Gasteiger partial charge in [0.15, 0.2) is 0 Å². The molecule has 0 fully saturated rings. The molecule has 0 bridgehead atoms. The van der Waals surface area contributed by atoms with Gasteiger partial charge in [0.05, 0.1) is 16.6 Å². The molecule has 0 spiro atoms. The molecule has 9 nitrogen and oxygen atoms in total. The minimum atomic E-state index is -0.108. The van der Waals surface area contributed by atoms with Crippen LogP contribution in [0.3, 0.4) is 0 Å². The molecule has 10 heteroatoms. The maximum absolute atomic E-state index is 12.5. The SMILES string of the molecule is C#N.C#N.C#N.C#N.[Co+2].[NH-]CC[N-]CCCNC(=O)c1cccc2cc3ccccc3nc12. The Hall–Kier alpha value is -4.03. The van der Waals surface area contributed by atoms with Crippen molar-refractivity contribution < 1.29 is 21.6 Å². The number of carbonyl (C=O) groups excluding carboxylic acids is 1. The number of para-hydroxylation sites is 2. The molecule has 1 aromatic heterocycles. The van der Waals surface area contributed by atoms with Gasteiger partial charge in [0, 0.05) is 43.6 Å². The van der Waals surface area contributed by atoms with Gasteiger partial charge in [0.25, 0.3) is 5.91 Å². The molecule has 1 heterocycles. The number of benzene rings is 2. The van der Waals surface area contributed by atoms with Crippen LogP contribution >= 0.6 is 0 Å². The molecule has 0 saturated carbocycles. The van der Waals surface area contributed by atoms with Crippen LogP contribution in [0.1, 0.15) is 16.8 Å². The monoisotopic (exact) mass is 487 g/mol. The molecule has 1 amide bonds. The van der Waals surface area contributed by atoms with Crippen molar-refractivity contribution in [1.29, 1.82) is 21.0 Å². The van der Waals surface area contributed by atoms with Crippen LogP contribution in [0, 0.1) is 47.3 Å². The van der Waals surface area contributed by atoms with Gasteiger partial charge in [-0.15, -0.1) is 6.54 Å². The summed E-state index contributed by atoms with van der Waals surface area (Å²) in [6.07, 6.45) is 0.785. The molecule has 2 aromatic carbocycles. The van der Waals surface area contributed by atoms with E-state index in [1.807, 2.05) is 42.5 Å². The van der Waals surface area contributed by atoms with Crippen LogP contribution < -0.4 is 5.32 Å².